The van der Waals surface area contributed by atoms with Crippen LogP contribution in [0.15, 0.2) is 12.4 Å². The molecular formula is C7H7IN4. The summed E-state index contributed by atoms with van der Waals surface area (Å²) in [4.78, 5) is 8.23. The Bertz CT molecular complexity index is 434. The van der Waals surface area contributed by atoms with E-state index in [0.717, 1.165) is 15.0 Å². The van der Waals surface area contributed by atoms with Gasteiger partial charge in [0.05, 0.1) is 5.69 Å². The predicted octanol–water partition coefficient (Wildman–Crippen LogP) is 1.22. The average Bonchev–Trinajstić information content (AvgIpc) is 2.32. The summed E-state index contributed by atoms with van der Waals surface area (Å²) in [7, 11) is 0. The van der Waals surface area contributed by atoms with Crippen molar-refractivity contribution >= 4 is 34.1 Å². The molecule has 0 atom stereocenters. The van der Waals surface area contributed by atoms with Crippen LogP contribution in [0.3, 0.4) is 0 Å². The van der Waals surface area contributed by atoms with Crippen molar-refractivity contribution < 1.29 is 0 Å². The first-order chi connectivity index (χ1) is 5.70. The number of aromatic nitrogens is 3. The van der Waals surface area contributed by atoms with E-state index in [4.69, 9.17) is 5.73 Å². The predicted molar refractivity (Wildman–Crippen MR) is 54.9 cm³/mol. The van der Waals surface area contributed by atoms with Crippen LogP contribution in [0.25, 0.3) is 5.65 Å². The highest BCUT2D eigenvalue weighted by molar-refractivity contribution is 14.1. The highest BCUT2D eigenvalue weighted by atomic mass is 127. The molecule has 0 radical (unpaired) electrons. The standard InChI is InChI=1S/C7H7IN4/c1-4-5(8)12-3-2-10-6(9)7(12)11-4/h2-3H,1H3,(H2,9,10). The SMILES string of the molecule is Cc1nc2c(N)nccn2c1I. The van der Waals surface area contributed by atoms with E-state index in [1.807, 2.05) is 17.5 Å². The minimum atomic E-state index is 0.475. The molecule has 4 nitrogen and oxygen atoms in total. The third-order valence-corrected chi connectivity index (χ3v) is 2.97. The van der Waals surface area contributed by atoms with Crippen LogP contribution in [-0.2, 0) is 0 Å². The van der Waals surface area contributed by atoms with Gasteiger partial charge in [-0.2, -0.15) is 0 Å². The van der Waals surface area contributed by atoms with Gasteiger partial charge in [0.15, 0.2) is 11.5 Å². The first-order valence-corrected chi connectivity index (χ1v) is 4.52. The van der Waals surface area contributed by atoms with Crippen LogP contribution < -0.4 is 5.73 Å². The molecule has 0 bridgehead atoms. The third-order valence-electron chi connectivity index (χ3n) is 1.67. The number of hydrogen-bond acceptors (Lipinski definition) is 3. The average molecular weight is 274 g/mol. The lowest BCUT2D eigenvalue weighted by Crippen LogP contribution is -1.95. The number of hydrogen-bond donors (Lipinski definition) is 1. The molecule has 0 aromatic carbocycles. The molecule has 2 aromatic rings. The van der Waals surface area contributed by atoms with Crippen LogP contribution in [0.2, 0.25) is 0 Å². The summed E-state index contributed by atoms with van der Waals surface area (Å²) in [6.45, 7) is 1.95. The molecular weight excluding hydrogens is 267 g/mol. The molecule has 2 heterocycles. The topological polar surface area (TPSA) is 56.2 Å². The fourth-order valence-electron chi connectivity index (χ4n) is 1.08. The second-order valence-electron chi connectivity index (χ2n) is 2.49. The minimum Gasteiger partial charge on any atom is -0.381 e. The molecule has 2 N–H and O–H groups in total. The highest BCUT2D eigenvalue weighted by Gasteiger charge is 2.07. The fourth-order valence-corrected chi connectivity index (χ4v) is 1.59. The van der Waals surface area contributed by atoms with Crippen LogP contribution in [0.4, 0.5) is 5.82 Å². The van der Waals surface area contributed by atoms with Gasteiger partial charge in [-0.05, 0) is 29.5 Å². The smallest absolute Gasteiger partial charge is 0.180 e. The van der Waals surface area contributed by atoms with Crippen LogP contribution in [-0.4, -0.2) is 14.4 Å². The summed E-state index contributed by atoms with van der Waals surface area (Å²) in [6, 6.07) is 0. The Labute approximate surface area is 83.0 Å². The van der Waals surface area contributed by atoms with Gasteiger partial charge in [-0.3, -0.25) is 4.40 Å². The van der Waals surface area contributed by atoms with E-state index < -0.39 is 0 Å². The fraction of sp³-hybridized carbons (Fsp3) is 0.143. The summed E-state index contributed by atoms with van der Waals surface area (Å²) in [5.74, 6) is 0.475. The maximum absolute atomic E-state index is 5.64. The molecule has 0 fully saturated rings. The molecule has 0 spiro atoms. The maximum atomic E-state index is 5.64. The van der Waals surface area contributed by atoms with Gasteiger partial charge in [0.25, 0.3) is 0 Å². The Morgan fingerprint density at radius 3 is 3.00 bits per heavy atom. The van der Waals surface area contributed by atoms with Gasteiger partial charge < -0.3 is 5.73 Å². The van der Waals surface area contributed by atoms with E-state index in [9.17, 15) is 0 Å². The van der Waals surface area contributed by atoms with Crippen molar-refractivity contribution in [3.63, 3.8) is 0 Å². The van der Waals surface area contributed by atoms with Crippen molar-refractivity contribution in [1.29, 1.82) is 0 Å². The lowest BCUT2D eigenvalue weighted by Gasteiger charge is -1.95. The molecule has 2 rings (SSSR count). The number of anilines is 1. The number of imidazole rings is 1. The molecule has 0 aliphatic carbocycles. The zero-order valence-electron chi connectivity index (χ0n) is 6.45. The monoisotopic (exact) mass is 274 g/mol. The van der Waals surface area contributed by atoms with E-state index >= 15 is 0 Å². The molecule has 12 heavy (non-hydrogen) atoms. The van der Waals surface area contributed by atoms with E-state index in [-0.39, 0.29) is 0 Å². The summed E-state index contributed by atoms with van der Waals surface area (Å²) in [5.41, 5.74) is 7.36. The number of rotatable bonds is 0. The van der Waals surface area contributed by atoms with Crippen molar-refractivity contribution in [2.24, 2.45) is 0 Å². The largest absolute Gasteiger partial charge is 0.381 e. The van der Waals surface area contributed by atoms with Gasteiger partial charge in [0.2, 0.25) is 0 Å². The van der Waals surface area contributed by atoms with Gasteiger partial charge in [0, 0.05) is 12.4 Å². The second kappa shape index (κ2) is 2.58. The van der Waals surface area contributed by atoms with Gasteiger partial charge in [-0.25, -0.2) is 9.97 Å². The van der Waals surface area contributed by atoms with E-state index in [2.05, 4.69) is 32.6 Å². The molecule has 0 aliphatic heterocycles. The van der Waals surface area contributed by atoms with E-state index in [1.165, 1.54) is 0 Å². The van der Waals surface area contributed by atoms with E-state index in [1.54, 1.807) is 6.20 Å². The van der Waals surface area contributed by atoms with Crippen LogP contribution in [0.5, 0.6) is 0 Å². The molecule has 62 valence electrons. The zero-order chi connectivity index (χ0) is 8.72. The van der Waals surface area contributed by atoms with Crippen molar-refractivity contribution in [3.8, 4) is 0 Å². The normalized spacial score (nSPS) is 10.8. The van der Waals surface area contributed by atoms with Crippen LogP contribution in [0, 0.1) is 10.6 Å². The summed E-state index contributed by atoms with van der Waals surface area (Å²) in [6.07, 6.45) is 3.53. The number of halogens is 1. The molecule has 2 aromatic heterocycles. The van der Waals surface area contributed by atoms with Gasteiger partial charge >= 0.3 is 0 Å². The molecule has 5 heteroatoms. The minimum absolute atomic E-state index is 0.475. The molecule has 0 unspecified atom stereocenters. The lowest BCUT2D eigenvalue weighted by molar-refractivity contribution is 1.10. The summed E-state index contributed by atoms with van der Waals surface area (Å²) < 4.78 is 3.01. The number of fused-ring (bicyclic) bond motifs is 1. The Hall–Kier alpha value is -0.850. The second-order valence-corrected chi connectivity index (χ2v) is 3.52. The van der Waals surface area contributed by atoms with Gasteiger partial charge in [-0.1, -0.05) is 0 Å². The van der Waals surface area contributed by atoms with Gasteiger partial charge in [0.1, 0.15) is 3.70 Å². The first kappa shape index (κ1) is 7.78. The highest BCUT2D eigenvalue weighted by Crippen LogP contribution is 2.16. The Morgan fingerprint density at radius 1 is 1.58 bits per heavy atom. The number of nitrogens with zero attached hydrogens (tertiary/aromatic N) is 3. The van der Waals surface area contributed by atoms with E-state index in [0.29, 0.717) is 5.82 Å². The Morgan fingerprint density at radius 2 is 2.33 bits per heavy atom. The van der Waals surface area contributed by atoms with Crippen molar-refractivity contribution in [1.82, 2.24) is 14.4 Å². The van der Waals surface area contributed by atoms with Gasteiger partial charge in [-0.15, -0.1) is 0 Å². The summed E-state index contributed by atoms with van der Waals surface area (Å²) in [5, 5.41) is 0. The number of aryl methyl sites for hydroxylation is 1. The number of nitrogens with two attached hydrogens (primary N) is 1. The quantitative estimate of drug-likeness (QED) is 0.735. The van der Waals surface area contributed by atoms with Crippen LogP contribution >= 0.6 is 22.6 Å². The molecule has 0 saturated heterocycles. The summed E-state index contributed by atoms with van der Waals surface area (Å²) >= 11 is 2.23. The molecule has 0 aliphatic rings. The molecule has 0 saturated carbocycles. The Kier molecular flexibility index (Phi) is 1.67. The maximum Gasteiger partial charge on any atom is 0.180 e. The van der Waals surface area contributed by atoms with Crippen molar-refractivity contribution in [2.75, 3.05) is 5.73 Å². The van der Waals surface area contributed by atoms with Crippen LogP contribution in [0.1, 0.15) is 5.69 Å². The number of nitrogen functional groups attached to an aromatic ring is 1. The third kappa shape index (κ3) is 0.961. The molecule has 0 amide bonds. The lowest BCUT2D eigenvalue weighted by atomic mass is 10.6. The first-order valence-electron chi connectivity index (χ1n) is 3.45. The zero-order valence-corrected chi connectivity index (χ0v) is 8.61. The van der Waals surface area contributed by atoms with Crippen molar-refractivity contribution in [3.05, 3.63) is 21.8 Å². The van der Waals surface area contributed by atoms with Crippen molar-refractivity contribution in [2.45, 2.75) is 6.92 Å². The Balaban J connectivity index is 2.95.